The van der Waals surface area contributed by atoms with Gasteiger partial charge >= 0.3 is 6.09 Å². The molecule has 0 bridgehead atoms. The molecule has 4 atom stereocenters. The molecule has 15 heteroatoms. The standard InChI is InChI=1S/C39H48N4O11/c1-22-13-28-36(47)42(21-44)26-17-32(30(50-6)15-24(26)34(45)40(28)19-22)52-11-9-8-10-12-53-33-18-27-25(16-31(33)51-7)35(46)41-20-23(2)14-29(41)37(48)43(27)38(49)54-39(3,4)5/h15-18,21,28-29,36-37,47-48H,1-2,8-14,19-20H2,3-7H3/t28-,29-,36-,37-/m0/s1. The van der Waals surface area contributed by atoms with Crippen LogP contribution in [-0.4, -0.2) is 115 Å². The van der Waals surface area contributed by atoms with Crippen molar-refractivity contribution in [3.05, 3.63) is 59.7 Å². The lowest BCUT2D eigenvalue weighted by atomic mass is 10.1. The molecule has 0 saturated carbocycles. The Morgan fingerprint density at radius 1 is 0.778 bits per heavy atom. The third-order valence-corrected chi connectivity index (χ3v) is 9.91. The maximum Gasteiger partial charge on any atom is 0.417 e. The van der Waals surface area contributed by atoms with Gasteiger partial charge in [0, 0.05) is 25.2 Å². The van der Waals surface area contributed by atoms with Crippen LogP contribution in [0.5, 0.6) is 23.0 Å². The normalized spacial score (nSPS) is 22.2. The summed E-state index contributed by atoms with van der Waals surface area (Å²) < 4.78 is 29.0. The van der Waals surface area contributed by atoms with E-state index < -0.39 is 36.2 Å². The van der Waals surface area contributed by atoms with Crippen molar-refractivity contribution >= 4 is 35.7 Å². The molecule has 4 amide bonds. The Morgan fingerprint density at radius 3 is 1.74 bits per heavy atom. The smallest absolute Gasteiger partial charge is 0.417 e. The van der Waals surface area contributed by atoms with E-state index in [1.54, 1.807) is 20.8 Å². The van der Waals surface area contributed by atoms with Crippen LogP contribution in [0.3, 0.4) is 0 Å². The van der Waals surface area contributed by atoms with E-state index in [-0.39, 0.29) is 65.6 Å². The largest absolute Gasteiger partial charge is 0.493 e. The van der Waals surface area contributed by atoms with Gasteiger partial charge in [0.25, 0.3) is 11.8 Å². The summed E-state index contributed by atoms with van der Waals surface area (Å²) >= 11 is 0. The number of hydrogen-bond donors (Lipinski definition) is 2. The summed E-state index contributed by atoms with van der Waals surface area (Å²) in [5, 5.41) is 22.6. The second kappa shape index (κ2) is 15.2. The first-order valence-electron chi connectivity index (χ1n) is 17.9. The molecule has 15 nitrogen and oxygen atoms in total. The van der Waals surface area contributed by atoms with E-state index in [0.29, 0.717) is 56.6 Å². The van der Waals surface area contributed by atoms with Crippen LogP contribution in [0.2, 0.25) is 0 Å². The van der Waals surface area contributed by atoms with E-state index in [4.69, 9.17) is 23.7 Å². The Hall–Kier alpha value is -5.28. The molecule has 290 valence electrons. The summed E-state index contributed by atoms with van der Waals surface area (Å²) in [6.45, 7) is 14.2. The average molecular weight is 749 g/mol. The number of carbonyl (C=O) groups excluding carboxylic acids is 4. The van der Waals surface area contributed by atoms with Crippen molar-refractivity contribution in [2.75, 3.05) is 50.3 Å². The number of nitrogens with zero attached hydrogens (tertiary/aromatic N) is 4. The fourth-order valence-corrected chi connectivity index (χ4v) is 7.37. The van der Waals surface area contributed by atoms with Gasteiger partial charge in [0.05, 0.1) is 62.0 Å². The number of carbonyl (C=O) groups is 4. The van der Waals surface area contributed by atoms with Gasteiger partial charge in [0.15, 0.2) is 35.5 Å². The van der Waals surface area contributed by atoms with Gasteiger partial charge in [-0.2, -0.15) is 0 Å². The van der Waals surface area contributed by atoms with Crippen molar-refractivity contribution in [1.82, 2.24) is 9.80 Å². The van der Waals surface area contributed by atoms with Crippen molar-refractivity contribution in [2.24, 2.45) is 0 Å². The first-order chi connectivity index (χ1) is 25.7. The van der Waals surface area contributed by atoms with Gasteiger partial charge in [0.2, 0.25) is 6.41 Å². The van der Waals surface area contributed by atoms with E-state index in [2.05, 4.69) is 13.2 Å². The number of aliphatic hydroxyl groups is 2. The number of anilines is 2. The topological polar surface area (TPSA) is 168 Å². The lowest BCUT2D eigenvalue weighted by molar-refractivity contribution is -0.109. The lowest BCUT2D eigenvalue weighted by Gasteiger charge is -2.33. The summed E-state index contributed by atoms with van der Waals surface area (Å²) in [6, 6.07) is 4.79. The van der Waals surface area contributed by atoms with Crippen LogP contribution in [0.25, 0.3) is 0 Å². The second-order valence-electron chi connectivity index (χ2n) is 14.9. The number of fused-ring (bicyclic) bond motifs is 4. The molecule has 2 saturated heterocycles. The molecule has 0 aromatic heterocycles. The Morgan fingerprint density at radius 2 is 1.26 bits per heavy atom. The third-order valence-electron chi connectivity index (χ3n) is 9.91. The predicted octanol–water partition coefficient (Wildman–Crippen LogP) is 4.24. The summed E-state index contributed by atoms with van der Waals surface area (Å²) in [5.41, 5.74) is 1.45. The minimum Gasteiger partial charge on any atom is -0.493 e. The Labute approximate surface area is 314 Å². The van der Waals surface area contributed by atoms with Crippen molar-refractivity contribution in [3.63, 3.8) is 0 Å². The van der Waals surface area contributed by atoms with Crippen molar-refractivity contribution < 1.29 is 53.1 Å². The minimum absolute atomic E-state index is 0.147. The summed E-state index contributed by atoms with van der Waals surface area (Å²) in [4.78, 5) is 58.2. The van der Waals surface area contributed by atoms with Crippen LogP contribution < -0.4 is 28.7 Å². The van der Waals surface area contributed by atoms with E-state index in [1.807, 2.05) is 0 Å². The first kappa shape index (κ1) is 38.4. The van der Waals surface area contributed by atoms with Gasteiger partial charge in [-0.25, -0.2) is 9.69 Å². The van der Waals surface area contributed by atoms with Crippen molar-refractivity contribution in [1.29, 1.82) is 0 Å². The monoisotopic (exact) mass is 748 g/mol. The molecule has 2 aromatic carbocycles. The minimum atomic E-state index is -1.39. The highest BCUT2D eigenvalue weighted by Crippen LogP contribution is 2.43. The zero-order chi connectivity index (χ0) is 39.1. The molecule has 2 fully saturated rings. The molecule has 2 aromatic rings. The van der Waals surface area contributed by atoms with Gasteiger partial charge in [-0.1, -0.05) is 24.3 Å². The average Bonchev–Trinajstić information content (AvgIpc) is 3.68. The molecule has 0 spiro atoms. The maximum atomic E-state index is 13.8. The number of hydrogen-bond acceptors (Lipinski definition) is 11. The molecule has 2 N–H and O–H groups in total. The SMILES string of the molecule is C=C1C[C@H]2[C@H](O)N(C=O)c3cc(OCCCCCOc4cc5c(cc4OC)C(=O)N4CC(=C)C[C@H]4[C@H](O)N5C(=O)OC(C)(C)C)c(OC)cc3C(=O)N2C1. The van der Waals surface area contributed by atoms with Gasteiger partial charge in [0.1, 0.15) is 5.60 Å². The van der Waals surface area contributed by atoms with Crippen LogP contribution in [0.15, 0.2) is 48.6 Å². The highest BCUT2D eigenvalue weighted by molar-refractivity contribution is 6.06. The molecule has 0 radical (unpaired) electrons. The number of benzene rings is 2. The Balaban J connectivity index is 1.12. The molecule has 0 unspecified atom stereocenters. The van der Waals surface area contributed by atoms with Crippen molar-refractivity contribution in [3.8, 4) is 23.0 Å². The predicted molar refractivity (Wildman–Crippen MR) is 197 cm³/mol. The summed E-state index contributed by atoms with van der Waals surface area (Å²) in [5.74, 6) is 0.490. The van der Waals surface area contributed by atoms with Gasteiger partial charge in [-0.3, -0.25) is 19.3 Å². The number of methoxy groups -OCH3 is 2. The molecule has 4 heterocycles. The highest BCUT2D eigenvalue weighted by Gasteiger charge is 2.47. The molecule has 54 heavy (non-hydrogen) atoms. The molecule has 0 aliphatic carbocycles. The lowest BCUT2D eigenvalue weighted by Crippen LogP contribution is -2.51. The van der Waals surface area contributed by atoms with E-state index in [0.717, 1.165) is 20.9 Å². The van der Waals surface area contributed by atoms with Crippen LogP contribution in [-0.2, 0) is 9.53 Å². The summed E-state index contributed by atoms with van der Waals surface area (Å²) in [6.07, 6.45) is -0.341. The maximum absolute atomic E-state index is 13.8. The first-order valence-corrected chi connectivity index (χ1v) is 17.9. The molecule has 4 aliphatic rings. The van der Waals surface area contributed by atoms with Crippen LogP contribution in [0.4, 0.5) is 16.2 Å². The fourth-order valence-electron chi connectivity index (χ4n) is 7.37. The van der Waals surface area contributed by atoms with Crippen LogP contribution in [0.1, 0.15) is 73.6 Å². The molecule has 4 aliphatic heterocycles. The van der Waals surface area contributed by atoms with Gasteiger partial charge in [-0.15, -0.1) is 0 Å². The number of amides is 4. The quantitative estimate of drug-likeness (QED) is 0.192. The second-order valence-corrected chi connectivity index (χ2v) is 14.9. The van der Waals surface area contributed by atoms with Crippen molar-refractivity contribution in [2.45, 2.75) is 83.0 Å². The third kappa shape index (κ3) is 7.29. The number of rotatable bonds is 11. The Bertz CT molecular complexity index is 1860. The zero-order valence-corrected chi connectivity index (χ0v) is 31.3. The number of unbranched alkanes of at least 4 members (excludes halogenated alkanes) is 2. The van der Waals surface area contributed by atoms with Crippen LogP contribution in [0, 0.1) is 0 Å². The van der Waals surface area contributed by atoms with Gasteiger partial charge in [-0.05, 0) is 65.0 Å². The fraction of sp³-hybridized carbons (Fsp3) is 0.487. The highest BCUT2D eigenvalue weighted by atomic mass is 16.6. The van der Waals surface area contributed by atoms with E-state index >= 15 is 0 Å². The molecule has 6 rings (SSSR count). The molecular weight excluding hydrogens is 700 g/mol. The molecular formula is C39H48N4O11. The van der Waals surface area contributed by atoms with E-state index in [9.17, 15) is 29.4 Å². The number of ether oxygens (including phenoxy) is 5. The summed E-state index contributed by atoms with van der Waals surface area (Å²) in [7, 11) is 2.91. The zero-order valence-electron chi connectivity index (χ0n) is 31.3. The van der Waals surface area contributed by atoms with Crippen LogP contribution >= 0.6 is 0 Å². The number of aliphatic hydroxyl groups excluding tert-OH is 2. The Kier molecular flexibility index (Phi) is 10.8. The van der Waals surface area contributed by atoms with E-state index in [1.165, 1.54) is 48.3 Å². The van der Waals surface area contributed by atoms with Gasteiger partial charge < -0.3 is 43.7 Å².